The molecule has 0 radical (unpaired) electrons. The van der Waals surface area contributed by atoms with Crippen molar-refractivity contribution in [2.45, 2.75) is 37.6 Å². The van der Waals surface area contributed by atoms with Gasteiger partial charge in [0.2, 0.25) is 5.91 Å². The van der Waals surface area contributed by atoms with Crippen molar-refractivity contribution in [1.82, 2.24) is 20.1 Å². The summed E-state index contributed by atoms with van der Waals surface area (Å²) in [4.78, 5) is 32.3. The van der Waals surface area contributed by atoms with Crippen LogP contribution in [0.1, 0.15) is 30.4 Å². The number of nitriles is 1. The van der Waals surface area contributed by atoms with Crippen molar-refractivity contribution in [3.8, 4) is 11.8 Å². The van der Waals surface area contributed by atoms with Crippen molar-refractivity contribution < 1.29 is 27.4 Å². The number of aromatic amines is 1. The molecule has 0 aromatic carbocycles. The van der Waals surface area contributed by atoms with Crippen molar-refractivity contribution in [3.05, 3.63) is 46.0 Å². The number of ether oxygens (including phenoxy) is 2. The van der Waals surface area contributed by atoms with Crippen LogP contribution in [0.25, 0.3) is 0 Å². The number of aromatic nitrogens is 3. The van der Waals surface area contributed by atoms with Crippen LogP contribution in [0.5, 0.6) is 5.75 Å². The van der Waals surface area contributed by atoms with E-state index in [-0.39, 0.29) is 25.0 Å². The van der Waals surface area contributed by atoms with Crippen molar-refractivity contribution in [1.29, 1.82) is 5.26 Å². The second kappa shape index (κ2) is 10.3. The summed E-state index contributed by atoms with van der Waals surface area (Å²) in [6, 6.07) is 5.53. The zero-order chi connectivity index (χ0) is 25.0. The molecule has 2 atom stereocenters. The topological polar surface area (TPSA) is 124 Å². The predicted molar refractivity (Wildman–Crippen MR) is 116 cm³/mol. The molecule has 186 valence electrons. The zero-order valence-corrected chi connectivity index (χ0v) is 18.6. The molecule has 2 aliphatic rings. The molecule has 0 saturated carbocycles. The average Bonchev–Trinajstić information content (AvgIpc) is 3.29. The Kier molecular flexibility index (Phi) is 7.20. The summed E-state index contributed by atoms with van der Waals surface area (Å²) < 4.78 is 50.4. The molecular weight excluding hydrogens is 469 g/mol. The van der Waals surface area contributed by atoms with E-state index < -0.39 is 29.2 Å². The molecule has 4 heterocycles. The van der Waals surface area contributed by atoms with E-state index in [0.29, 0.717) is 50.4 Å². The average molecular weight is 492 g/mol. The van der Waals surface area contributed by atoms with Crippen molar-refractivity contribution in [2.75, 3.05) is 37.7 Å². The van der Waals surface area contributed by atoms with E-state index in [0.717, 1.165) is 6.20 Å². The van der Waals surface area contributed by atoms with E-state index >= 15 is 0 Å². The van der Waals surface area contributed by atoms with Gasteiger partial charge in [-0.1, -0.05) is 0 Å². The first-order valence-electron chi connectivity index (χ1n) is 11.1. The molecule has 1 N–H and O–H groups in total. The van der Waals surface area contributed by atoms with Crippen LogP contribution >= 0.6 is 0 Å². The molecule has 4 rings (SSSR count). The van der Waals surface area contributed by atoms with Gasteiger partial charge in [0.15, 0.2) is 11.3 Å². The molecule has 10 nitrogen and oxygen atoms in total. The lowest BCUT2D eigenvalue weighted by Crippen LogP contribution is -2.49. The van der Waals surface area contributed by atoms with E-state index in [2.05, 4.69) is 16.2 Å². The number of halogens is 3. The fourth-order valence-electron chi connectivity index (χ4n) is 4.22. The van der Waals surface area contributed by atoms with Crippen LogP contribution in [0.3, 0.4) is 0 Å². The fraction of sp³-hybridized carbons (Fsp3) is 0.500. The summed E-state index contributed by atoms with van der Waals surface area (Å²) >= 11 is 0. The Bertz CT molecular complexity index is 1160. The quantitative estimate of drug-likeness (QED) is 0.647. The van der Waals surface area contributed by atoms with Crippen LogP contribution in [0.4, 0.5) is 19.0 Å². The van der Waals surface area contributed by atoms with E-state index in [9.17, 15) is 28.0 Å². The first-order chi connectivity index (χ1) is 16.8. The molecule has 0 aliphatic carbocycles. The SMILES string of the molecule is N#Cc1cccnc1N1CCN(C(=O)C[C@H]2CC[C@@H](COc3cn[nH]c(=O)c3C(F)(F)F)O2)CC1. The van der Waals surface area contributed by atoms with Crippen LogP contribution in [-0.4, -0.2) is 71.0 Å². The molecule has 2 fully saturated rings. The first kappa shape index (κ1) is 24.5. The lowest BCUT2D eigenvalue weighted by molar-refractivity contribution is -0.141. The van der Waals surface area contributed by atoms with Gasteiger partial charge in [-0.2, -0.15) is 23.5 Å². The Morgan fingerprint density at radius 3 is 2.71 bits per heavy atom. The molecule has 0 unspecified atom stereocenters. The monoisotopic (exact) mass is 492 g/mol. The van der Waals surface area contributed by atoms with Crippen LogP contribution in [0.2, 0.25) is 0 Å². The lowest BCUT2D eigenvalue weighted by atomic mass is 10.1. The van der Waals surface area contributed by atoms with Gasteiger partial charge in [0.25, 0.3) is 5.56 Å². The number of piperazine rings is 1. The van der Waals surface area contributed by atoms with E-state index in [4.69, 9.17) is 9.47 Å². The Labute approximate surface area is 198 Å². The maximum atomic E-state index is 13.1. The van der Waals surface area contributed by atoms with Crippen molar-refractivity contribution in [3.63, 3.8) is 0 Å². The fourth-order valence-corrected chi connectivity index (χ4v) is 4.22. The second-order valence-corrected chi connectivity index (χ2v) is 8.26. The number of pyridine rings is 1. The molecule has 2 aliphatic heterocycles. The number of amides is 1. The summed E-state index contributed by atoms with van der Waals surface area (Å²) in [7, 11) is 0. The molecule has 2 saturated heterocycles. The number of carbonyl (C=O) groups excluding carboxylic acids is 1. The Balaban J connectivity index is 1.25. The molecule has 0 bridgehead atoms. The van der Waals surface area contributed by atoms with Crippen LogP contribution in [0.15, 0.2) is 29.3 Å². The van der Waals surface area contributed by atoms with Crippen LogP contribution in [-0.2, 0) is 15.7 Å². The first-order valence-corrected chi connectivity index (χ1v) is 11.1. The summed E-state index contributed by atoms with van der Waals surface area (Å²) in [5.41, 5.74) is -2.33. The second-order valence-electron chi connectivity index (χ2n) is 8.26. The van der Waals surface area contributed by atoms with Gasteiger partial charge in [0.05, 0.1) is 30.4 Å². The standard InChI is InChI=1S/C22H23F3N6O4/c23-22(24,25)19-17(12-28-29-21(19)33)34-13-16-4-3-15(35-16)10-18(32)30-6-8-31(9-7-30)20-14(11-26)2-1-5-27-20/h1-2,5,12,15-16H,3-4,6-10,13H2,(H,29,33)/t15-,16+/m1/s1. The largest absolute Gasteiger partial charge is 0.488 e. The van der Waals surface area contributed by atoms with Crippen molar-refractivity contribution >= 4 is 11.7 Å². The number of hydrogen-bond acceptors (Lipinski definition) is 8. The maximum absolute atomic E-state index is 13.1. The highest BCUT2D eigenvalue weighted by atomic mass is 19.4. The highest BCUT2D eigenvalue weighted by Crippen LogP contribution is 2.33. The Morgan fingerprint density at radius 1 is 1.26 bits per heavy atom. The molecule has 35 heavy (non-hydrogen) atoms. The number of H-pyrrole nitrogens is 1. The number of carbonyl (C=O) groups is 1. The van der Waals surface area contributed by atoms with Crippen LogP contribution in [0, 0.1) is 11.3 Å². The van der Waals surface area contributed by atoms with Gasteiger partial charge >= 0.3 is 6.18 Å². The molecule has 0 spiro atoms. The van der Waals surface area contributed by atoms with Gasteiger partial charge in [-0.15, -0.1) is 0 Å². The van der Waals surface area contributed by atoms with Crippen LogP contribution < -0.4 is 15.2 Å². The minimum absolute atomic E-state index is 0.0732. The molecular formula is C22H23F3N6O4. The minimum atomic E-state index is -4.88. The normalized spacial score (nSPS) is 20.5. The van der Waals surface area contributed by atoms with E-state index in [1.165, 1.54) is 0 Å². The molecule has 2 aromatic heterocycles. The van der Waals surface area contributed by atoms with Gasteiger partial charge in [-0.25, -0.2) is 10.1 Å². The number of nitrogens with one attached hydrogen (secondary N) is 1. The Morgan fingerprint density at radius 2 is 2.00 bits per heavy atom. The van der Waals surface area contributed by atoms with Gasteiger partial charge in [0.1, 0.15) is 18.5 Å². The van der Waals surface area contributed by atoms with E-state index in [1.807, 2.05) is 4.90 Å². The minimum Gasteiger partial charge on any atom is -0.488 e. The van der Waals surface area contributed by atoms with Gasteiger partial charge in [-0.3, -0.25) is 9.59 Å². The van der Waals surface area contributed by atoms with E-state index in [1.54, 1.807) is 28.3 Å². The third-order valence-corrected chi connectivity index (χ3v) is 5.97. The molecule has 13 heteroatoms. The smallest absolute Gasteiger partial charge is 0.425 e. The number of anilines is 1. The highest BCUT2D eigenvalue weighted by molar-refractivity contribution is 5.77. The third-order valence-electron chi connectivity index (χ3n) is 5.97. The van der Waals surface area contributed by atoms with Gasteiger partial charge < -0.3 is 19.3 Å². The third kappa shape index (κ3) is 5.71. The number of rotatable bonds is 6. The molecule has 2 aromatic rings. The number of alkyl halides is 3. The summed E-state index contributed by atoms with van der Waals surface area (Å²) in [5.74, 6) is -0.126. The Hall–Kier alpha value is -3.66. The summed E-state index contributed by atoms with van der Waals surface area (Å²) in [6.07, 6.45) is -2.07. The van der Waals surface area contributed by atoms with Crippen molar-refractivity contribution in [2.24, 2.45) is 0 Å². The molecule has 1 amide bonds. The zero-order valence-electron chi connectivity index (χ0n) is 18.6. The highest BCUT2D eigenvalue weighted by Gasteiger charge is 2.39. The number of nitrogens with zero attached hydrogens (tertiary/aromatic N) is 5. The maximum Gasteiger partial charge on any atom is 0.425 e. The predicted octanol–water partition coefficient (Wildman–Crippen LogP) is 1.72. The summed E-state index contributed by atoms with van der Waals surface area (Å²) in [6.45, 7) is 1.86. The van der Waals surface area contributed by atoms with Gasteiger partial charge in [-0.05, 0) is 25.0 Å². The summed E-state index contributed by atoms with van der Waals surface area (Å²) in [5, 5.41) is 14.4. The number of hydrogen-bond donors (Lipinski definition) is 1. The van der Waals surface area contributed by atoms with Gasteiger partial charge in [0, 0.05) is 32.4 Å². The lowest BCUT2D eigenvalue weighted by Gasteiger charge is -2.36.